The van der Waals surface area contributed by atoms with Gasteiger partial charge < -0.3 is 10.2 Å². The lowest BCUT2D eigenvalue weighted by Gasteiger charge is -2.17. The Bertz CT molecular complexity index is 298. The van der Waals surface area contributed by atoms with Crippen molar-refractivity contribution in [1.29, 1.82) is 0 Å². The van der Waals surface area contributed by atoms with E-state index in [2.05, 4.69) is 10.1 Å². The molecule has 1 aromatic heterocycles. The molecule has 1 aliphatic heterocycles. The highest BCUT2D eigenvalue weighted by atomic mass is 16.3. The highest BCUT2D eigenvalue weighted by molar-refractivity contribution is 4.97. The predicted octanol–water partition coefficient (Wildman–Crippen LogP) is -0.360. The minimum absolute atomic E-state index is 0.0551. The monoisotopic (exact) mass is 183 g/mol. The molecule has 0 fully saturated rings. The van der Waals surface area contributed by atoms with Crippen molar-refractivity contribution in [3.8, 4) is 0 Å². The summed E-state index contributed by atoms with van der Waals surface area (Å²) in [5.41, 5.74) is 0. The van der Waals surface area contributed by atoms with Gasteiger partial charge in [0, 0.05) is 12.8 Å². The predicted molar refractivity (Wildman–Crippen MR) is 45.0 cm³/mol. The fourth-order valence-corrected chi connectivity index (χ4v) is 1.58. The SMILES string of the molecule is OCCc1nc2n(n1)C(O)CCC2. The summed E-state index contributed by atoms with van der Waals surface area (Å²) in [5, 5.41) is 22.4. The summed E-state index contributed by atoms with van der Waals surface area (Å²) >= 11 is 0. The van der Waals surface area contributed by atoms with Crippen molar-refractivity contribution in [3.63, 3.8) is 0 Å². The van der Waals surface area contributed by atoms with Gasteiger partial charge in [-0.2, -0.15) is 5.10 Å². The Hall–Kier alpha value is -0.940. The minimum Gasteiger partial charge on any atom is -0.396 e. The molecule has 0 saturated heterocycles. The van der Waals surface area contributed by atoms with Crippen LogP contribution in [0.2, 0.25) is 0 Å². The Kier molecular flexibility index (Phi) is 2.28. The van der Waals surface area contributed by atoms with Crippen LogP contribution in [0, 0.1) is 0 Å². The molecule has 5 nitrogen and oxygen atoms in total. The fourth-order valence-electron chi connectivity index (χ4n) is 1.58. The number of hydrogen-bond acceptors (Lipinski definition) is 4. The number of hydrogen-bond donors (Lipinski definition) is 2. The first-order valence-electron chi connectivity index (χ1n) is 4.54. The molecule has 0 saturated carbocycles. The molecule has 13 heavy (non-hydrogen) atoms. The molecule has 2 N–H and O–H groups in total. The first-order valence-corrected chi connectivity index (χ1v) is 4.54. The van der Waals surface area contributed by atoms with Gasteiger partial charge in [0.2, 0.25) is 0 Å². The third-order valence-electron chi connectivity index (χ3n) is 2.23. The zero-order valence-electron chi connectivity index (χ0n) is 7.35. The molecule has 0 spiro atoms. The van der Waals surface area contributed by atoms with Gasteiger partial charge in [-0.25, -0.2) is 9.67 Å². The van der Waals surface area contributed by atoms with Gasteiger partial charge >= 0.3 is 0 Å². The van der Waals surface area contributed by atoms with Gasteiger partial charge in [0.25, 0.3) is 0 Å². The number of rotatable bonds is 2. The molecule has 5 heteroatoms. The quantitative estimate of drug-likeness (QED) is 0.657. The van der Waals surface area contributed by atoms with Crippen molar-refractivity contribution in [2.24, 2.45) is 0 Å². The molecule has 2 heterocycles. The molecule has 1 aromatic rings. The number of aromatic nitrogens is 3. The maximum atomic E-state index is 9.54. The van der Waals surface area contributed by atoms with Gasteiger partial charge in [0.1, 0.15) is 12.1 Å². The molecular weight excluding hydrogens is 170 g/mol. The van der Waals surface area contributed by atoms with E-state index >= 15 is 0 Å². The summed E-state index contributed by atoms with van der Waals surface area (Å²) in [6.07, 6.45) is 2.51. The lowest BCUT2D eigenvalue weighted by molar-refractivity contribution is 0.0643. The van der Waals surface area contributed by atoms with Crippen LogP contribution >= 0.6 is 0 Å². The van der Waals surface area contributed by atoms with Crippen LogP contribution in [-0.2, 0) is 12.8 Å². The molecule has 1 unspecified atom stereocenters. The normalized spacial score (nSPS) is 21.5. The Morgan fingerprint density at radius 3 is 3.08 bits per heavy atom. The third-order valence-corrected chi connectivity index (χ3v) is 2.23. The molecule has 1 atom stereocenters. The number of fused-ring (bicyclic) bond motifs is 1. The average Bonchev–Trinajstić information content (AvgIpc) is 2.49. The largest absolute Gasteiger partial charge is 0.396 e. The van der Waals surface area contributed by atoms with Crippen molar-refractivity contribution in [3.05, 3.63) is 11.6 Å². The van der Waals surface area contributed by atoms with Crippen LogP contribution in [0.15, 0.2) is 0 Å². The molecule has 0 radical (unpaired) electrons. The van der Waals surface area contributed by atoms with Crippen LogP contribution in [0.25, 0.3) is 0 Å². The smallest absolute Gasteiger partial charge is 0.153 e. The summed E-state index contributed by atoms with van der Waals surface area (Å²) in [5.74, 6) is 1.46. The van der Waals surface area contributed by atoms with Crippen molar-refractivity contribution in [1.82, 2.24) is 14.8 Å². The van der Waals surface area contributed by atoms with E-state index in [-0.39, 0.29) is 6.61 Å². The topological polar surface area (TPSA) is 71.2 Å². The van der Waals surface area contributed by atoms with Gasteiger partial charge in [0.15, 0.2) is 5.82 Å². The Labute approximate surface area is 76.0 Å². The van der Waals surface area contributed by atoms with E-state index in [9.17, 15) is 5.11 Å². The molecular formula is C8H13N3O2. The number of nitrogens with zero attached hydrogens (tertiary/aromatic N) is 3. The first-order chi connectivity index (χ1) is 6.31. The number of aliphatic hydroxyl groups excluding tert-OH is 2. The standard InChI is InChI=1S/C8H13N3O2/c12-5-4-6-9-7-2-1-3-8(13)11(7)10-6/h8,12-13H,1-5H2. The summed E-state index contributed by atoms with van der Waals surface area (Å²) in [4.78, 5) is 4.22. The van der Waals surface area contributed by atoms with E-state index in [4.69, 9.17) is 5.11 Å². The second-order valence-electron chi connectivity index (χ2n) is 3.24. The van der Waals surface area contributed by atoms with Gasteiger partial charge in [-0.15, -0.1) is 0 Å². The third kappa shape index (κ3) is 1.57. The van der Waals surface area contributed by atoms with E-state index in [1.807, 2.05) is 0 Å². The molecule has 1 aliphatic rings. The first kappa shape index (κ1) is 8.65. The number of aryl methyl sites for hydroxylation is 1. The molecule has 0 amide bonds. The molecule has 0 bridgehead atoms. The Morgan fingerprint density at radius 1 is 1.54 bits per heavy atom. The van der Waals surface area contributed by atoms with Crippen LogP contribution < -0.4 is 0 Å². The average molecular weight is 183 g/mol. The second-order valence-corrected chi connectivity index (χ2v) is 3.24. The molecule has 2 rings (SSSR count). The van der Waals surface area contributed by atoms with Crippen LogP contribution in [0.3, 0.4) is 0 Å². The van der Waals surface area contributed by atoms with Crippen molar-refractivity contribution >= 4 is 0 Å². The van der Waals surface area contributed by atoms with E-state index in [0.717, 1.165) is 25.1 Å². The zero-order chi connectivity index (χ0) is 9.26. The maximum Gasteiger partial charge on any atom is 0.153 e. The van der Waals surface area contributed by atoms with E-state index in [1.54, 1.807) is 4.68 Å². The summed E-state index contributed by atoms with van der Waals surface area (Å²) < 4.78 is 1.56. The maximum absolute atomic E-state index is 9.54. The van der Waals surface area contributed by atoms with Gasteiger partial charge in [-0.3, -0.25) is 0 Å². The van der Waals surface area contributed by atoms with Gasteiger partial charge in [-0.1, -0.05) is 0 Å². The van der Waals surface area contributed by atoms with Crippen LogP contribution in [0.5, 0.6) is 0 Å². The van der Waals surface area contributed by atoms with Crippen molar-refractivity contribution in [2.45, 2.75) is 31.9 Å². The minimum atomic E-state index is -0.524. The molecule has 72 valence electrons. The summed E-state index contributed by atoms with van der Waals surface area (Å²) in [6.45, 7) is 0.0551. The zero-order valence-corrected chi connectivity index (χ0v) is 7.35. The second kappa shape index (κ2) is 3.43. The van der Waals surface area contributed by atoms with Gasteiger partial charge in [0.05, 0.1) is 6.61 Å². The lowest BCUT2D eigenvalue weighted by Crippen LogP contribution is -2.18. The fraction of sp³-hybridized carbons (Fsp3) is 0.750. The summed E-state index contributed by atoms with van der Waals surface area (Å²) in [7, 11) is 0. The van der Waals surface area contributed by atoms with E-state index < -0.39 is 6.23 Å². The molecule has 0 aromatic carbocycles. The van der Waals surface area contributed by atoms with E-state index in [0.29, 0.717) is 12.2 Å². The Morgan fingerprint density at radius 2 is 2.38 bits per heavy atom. The van der Waals surface area contributed by atoms with Crippen LogP contribution in [0.1, 0.15) is 30.7 Å². The van der Waals surface area contributed by atoms with Crippen molar-refractivity contribution < 1.29 is 10.2 Å². The molecule has 0 aliphatic carbocycles. The highest BCUT2D eigenvalue weighted by Gasteiger charge is 2.20. The summed E-state index contributed by atoms with van der Waals surface area (Å²) in [6, 6.07) is 0. The van der Waals surface area contributed by atoms with Crippen LogP contribution in [-0.4, -0.2) is 31.6 Å². The van der Waals surface area contributed by atoms with E-state index in [1.165, 1.54) is 0 Å². The lowest BCUT2D eigenvalue weighted by atomic mass is 10.1. The highest BCUT2D eigenvalue weighted by Crippen LogP contribution is 2.20. The van der Waals surface area contributed by atoms with Gasteiger partial charge in [-0.05, 0) is 12.8 Å². The van der Waals surface area contributed by atoms with Crippen molar-refractivity contribution in [2.75, 3.05) is 6.61 Å². The van der Waals surface area contributed by atoms with Crippen LogP contribution in [0.4, 0.5) is 0 Å². The Balaban J connectivity index is 2.25. The number of aliphatic hydroxyl groups is 2.